The van der Waals surface area contributed by atoms with Gasteiger partial charge in [0.25, 0.3) is 11.8 Å². The summed E-state index contributed by atoms with van der Waals surface area (Å²) in [6, 6.07) is 0.467. The van der Waals surface area contributed by atoms with E-state index in [4.69, 9.17) is 16.0 Å². The van der Waals surface area contributed by atoms with Crippen LogP contribution in [0.4, 0.5) is 5.13 Å². The van der Waals surface area contributed by atoms with E-state index in [-0.39, 0.29) is 52.3 Å². The standard InChI is InChI=1S/C18H20N8O6S2/c1-32-23-11(8-6-34-18(20)21-8)14(28)22-12-15(29)26-13(17(30)31)9(7-33-16(12)26)24-3-2-10(19)25(24)4-5-27/h2-3,6,12,16,19,27H,4-5,7H2,1H3,(H2,20,21)(H,22,28)(H,30,31)/b19-10?,23-11-/t12-,16-/m1/s1. The Morgan fingerprint density at radius 1 is 1.47 bits per heavy atom. The van der Waals surface area contributed by atoms with Gasteiger partial charge < -0.3 is 26.1 Å². The van der Waals surface area contributed by atoms with Crippen LogP contribution in [0.3, 0.4) is 0 Å². The highest BCUT2D eigenvalue weighted by atomic mass is 32.2. The number of carboxylic acid groups (broad SMARTS) is 1. The van der Waals surface area contributed by atoms with Gasteiger partial charge in [-0.3, -0.25) is 29.3 Å². The summed E-state index contributed by atoms with van der Waals surface area (Å²) in [5.74, 6) is -2.47. The molecule has 0 spiro atoms. The van der Waals surface area contributed by atoms with Crippen molar-refractivity contribution in [3.05, 3.63) is 34.5 Å². The molecule has 0 unspecified atom stereocenters. The van der Waals surface area contributed by atoms with E-state index in [0.29, 0.717) is 0 Å². The van der Waals surface area contributed by atoms with Gasteiger partial charge >= 0.3 is 5.97 Å². The van der Waals surface area contributed by atoms with Crippen molar-refractivity contribution in [1.82, 2.24) is 24.6 Å². The van der Waals surface area contributed by atoms with Gasteiger partial charge in [0.05, 0.1) is 18.8 Å². The van der Waals surface area contributed by atoms with Crippen LogP contribution in [0.2, 0.25) is 0 Å². The molecule has 2 aliphatic rings. The normalized spacial score (nSPS) is 20.1. The highest BCUT2D eigenvalue weighted by Crippen LogP contribution is 2.41. The molecule has 0 bridgehead atoms. The van der Waals surface area contributed by atoms with Crippen LogP contribution in [0.1, 0.15) is 5.69 Å². The van der Waals surface area contributed by atoms with E-state index in [1.807, 2.05) is 0 Å². The number of aliphatic hydroxyl groups is 1. The molecule has 2 aromatic rings. The third-order valence-corrected chi connectivity index (χ3v) is 7.04. The molecule has 2 aliphatic heterocycles. The van der Waals surface area contributed by atoms with Crippen LogP contribution in [-0.4, -0.2) is 83.8 Å². The Morgan fingerprint density at radius 2 is 2.24 bits per heavy atom. The topological polar surface area (TPSA) is 201 Å². The minimum absolute atomic E-state index is 0.0751. The molecule has 2 atom stereocenters. The number of hydrogen-bond donors (Lipinski definition) is 5. The number of thiazole rings is 1. The van der Waals surface area contributed by atoms with E-state index in [1.165, 1.54) is 45.9 Å². The number of oxime groups is 1. The summed E-state index contributed by atoms with van der Waals surface area (Å²) < 4.78 is 2.84. The molecule has 0 aliphatic carbocycles. The van der Waals surface area contributed by atoms with E-state index >= 15 is 0 Å². The van der Waals surface area contributed by atoms with Gasteiger partial charge in [0.2, 0.25) is 0 Å². The van der Waals surface area contributed by atoms with Crippen LogP contribution in [0.25, 0.3) is 5.70 Å². The van der Waals surface area contributed by atoms with E-state index in [9.17, 15) is 24.6 Å². The van der Waals surface area contributed by atoms with E-state index in [0.717, 1.165) is 16.2 Å². The summed E-state index contributed by atoms with van der Waals surface area (Å²) in [6.07, 6.45) is 1.51. The molecule has 16 heteroatoms. The first-order chi connectivity index (χ1) is 16.3. The van der Waals surface area contributed by atoms with Gasteiger partial charge in [0, 0.05) is 23.4 Å². The molecular weight excluding hydrogens is 488 g/mol. The van der Waals surface area contributed by atoms with Gasteiger partial charge in [-0.1, -0.05) is 5.16 Å². The number of carbonyl (C=O) groups is 3. The Morgan fingerprint density at radius 3 is 2.85 bits per heavy atom. The monoisotopic (exact) mass is 508 g/mol. The summed E-state index contributed by atoms with van der Waals surface area (Å²) in [5, 5.41) is 34.5. The minimum Gasteiger partial charge on any atom is -0.477 e. The number of aliphatic carboxylic acids is 1. The zero-order valence-corrected chi connectivity index (χ0v) is 19.3. The summed E-state index contributed by atoms with van der Waals surface area (Å²) in [6.45, 7) is -0.176. The SMILES string of the molecule is CO/N=C(\C(=O)N[C@@H]1C(=O)N2C(C(=O)O)=C(n3ccc(=N)n3CCO)CS[C@H]12)c1csc(N)n1. The molecule has 0 aromatic carbocycles. The van der Waals surface area contributed by atoms with Gasteiger partial charge in [0.15, 0.2) is 16.5 Å². The quantitative estimate of drug-likeness (QED) is 0.160. The van der Waals surface area contributed by atoms with Gasteiger partial charge in [0.1, 0.15) is 29.7 Å². The second-order valence-corrected chi connectivity index (χ2v) is 9.04. The number of aliphatic hydroxyl groups excluding tert-OH is 1. The number of carboxylic acids is 1. The molecule has 2 aromatic heterocycles. The molecule has 2 amide bonds. The number of aromatic nitrogens is 3. The number of nitrogens with two attached hydrogens (primary N) is 1. The highest BCUT2D eigenvalue weighted by molar-refractivity contribution is 8.00. The summed E-state index contributed by atoms with van der Waals surface area (Å²) in [4.78, 5) is 47.8. The van der Waals surface area contributed by atoms with E-state index in [2.05, 4.69) is 15.5 Å². The lowest BCUT2D eigenvalue weighted by molar-refractivity contribution is -0.150. The molecule has 14 nitrogen and oxygen atoms in total. The molecule has 4 rings (SSSR count). The number of rotatable bonds is 8. The number of amides is 2. The second kappa shape index (κ2) is 9.32. The van der Waals surface area contributed by atoms with Crippen LogP contribution >= 0.6 is 23.1 Å². The average molecular weight is 509 g/mol. The zero-order chi connectivity index (χ0) is 24.6. The first-order valence-corrected chi connectivity index (χ1v) is 11.7. The summed E-state index contributed by atoms with van der Waals surface area (Å²) in [5.41, 5.74) is 5.74. The van der Waals surface area contributed by atoms with Crippen molar-refractivity contribution in [2.45, 2.75) is 18.0 Å². The lowest BCUT2D eigenvalue weighted by atomic mass is 10.0. The first kappa shape index (κ1) is 23.5. The first-order valence-electron chi connectivity index (χ1n) is 9.77. The van der Waals surface area contributed by atoms with Crippen molar-refractivity contribution in [2.75, 3.05) is 25.2 Å². The average Bonchev–Trinajstić information content (AvgIpc) is 3.40. The Bertz CT molecular complexity index is 1280. The molecule has 180 valence electrons. The summed E-state index contributed by atoms with van der Waals surface area (Å²) >= 11 is 2.37. The molecule has 1 saturated heterocycles. The van der Waals surface area contributed by atoms with Crippen LogP contribution in [0, 0.1) is 5.41 Å². The van der Waals surface area contributed by atoms with Crippen molar-refractivity contribution in [2.24, 2.45) is 5.16 Å². The largest absolute Gasteiger partial charge is 0.477 e. The number of β-lactam (4-membered cyclic amide) rings is 1. The number of anilines is 1. The molecule has 0 radical (unpaired) electrons. The lowest BCUT2D eigenvalue weighted by Gasteiger charge is -2.49. The lowest BCUT2D eigenvalue weighted by Crippen LogP contribution is -2.71. The number of fused-ring (bicyclic) bond motifs is 1. The number of hydrogen-bond acceptors (Lipinski definition) is 11. The van der Waals surface area contributed by atoms with Gasteiger partial charge in [-0.2, -0.15) is 0 Å². The van der Waals surface area contributed by atoms with Crippen molar-refractivity contribution in [3.63, 3.8) is 0 Å². The van der Waals surface area contributed by atoms with E-state index < -0.39 is 29.2 Å². The maximum atomic E-state index is 13.0. The highest BCUT2D eigenvalue weighted by Gasteiger charge is 2.55. The van der Waals surface area contributed by atoms with Crippen LogP contribution in [0.15, 0.2) is 28.5 Å². The Hall–Kier alpha value is -3.63. The van der Waals surface area contributed by atoms with Crippen molar-refractivity contribution >= 4 is 57.4 Å². The van der Waals surface area contributed by atoms with E-state index in [1.54, 1.807) is 0 Å². The maximum absolute atomic E-state index is 13.0. The maximum Gasteiger partial charge on any atom is 0.354 e. The van der Waals surface area contributed by atoms with Crippen molar-refractivity contribution in [3.8, 4) is 0 Å². The summed E-state index contributed by atoms with van der Waals surface area (Å²) in [7, 11) is 1.26. The van der Waals surface area contributed by atoms with Gasteiger partial charge in [-0.15, -0.1) is 23.1 Å². The van der Waals surface area contributed by atoms with Crippen LogP contribution in [0.5, 0.6) is 0 Å². The molecule has 34 heavy (non-hydrogen) atoms. The molecule has 0 saturated carbocycles. The van der Waals surface area contributed by atoms with Crippen LogP contribution in [-0.2, 0) is 25.8 Å². The number of thioether (sulfide) groups is 1. The van der Waals surface area contributed by atoms with Crippen molar-refractivity contribution < 1.29 is 29.4 Å². The minimum atomic E-state index is -1.33. The number of nitrogen functional groups attached to an aromatic ring is 1. The molecule has 4 heterocycles. The number of nitrogens with zero attached hydrogens (tertiary/aromatic N) is 5. The fourth-order valence-electron chi connectivity index (χ4n) is 3.66. The molecule has 6 N–H and O–H groups in total. The van der Waals surface area contributed by atoms with Crippen molar-refractivity contribution in [1.29, 1.82) is 5.41 Å². The smallest absolute Gasteiger partial charge is 0.354 e. The third-order valence-electron chi connectivity index (χ3n) is 5.10. The molecular formula is C18H20N8O6S2. The second-order valence-electron chi connectivity index (χ2n) is 7.05. The Balaban J connectivity index is 1.61. The Kier molecular flexibility index (Phi) is 6.45. The Labute approximate surface area is 199 Å². The number of carbonyl (C=O) groups excluding carboxylic acids is 2. The van der Waals surface area contributed by atoms with Gasteiger partial charge in [-0.25, -0.2) is 9.78 Å². The third kappa shape index (κ3) is 3.95. The predicted molar refractivity (Wildman–Crippen MR) is 121 cm³/mol. The zero-order valence-electron chi connectivity index (χ0n) is 17.7. The van der Waals surface area contributed by atoms with Gasteiger partial charge in [-0.05, 0) is 0 Å². The van der Waals surface area contributed by atoms with Crippen LogP contribution < -0.4 is 16.5 Å². The number of nitrogens with one attached hydrogen (secondary N) is 2. The molecule has 1 fully saturated rings. The predicted octanol–water partition coefficient (Wildman–Crippen LogP) is -1.50. The fraction of sp³-hybridized carbons (Fsp3) is 0.333. The fourth-order valence-corrected chi connectivity index (χ4v) is 5.54.